The lowest BCUT2D eigenvalue weighted by Crippen LogP contribution is -2.61. The molecule has 7 atom stereocenters. The predicted octanol–water partition coefficient (Wildman–Crippen LogP) is 5.43. The molecule has 0 aromatic rings. The molecule has 156 valence electrons. The molecule has 0 amide bonds. The van der Waals surface area contributed by atoms with Gasteiger partial charge in [0.05, 0.1) is 6.10 Å². The van der Waals surface area contributed by atoms with Crippen LogP contribution in [0, 0.1) is 34.0 Å². The molecular formula is C25H38O3. The van der Waals surface area contributed by atoms with Crippen molar-refractivity contribution in [1.82, 2.24) is 0 Å². The molecule has 4 fully saturated rings. The van der Waals surface area contributed by atoms with Gasteiger partial charge >= 0.3 is 5.97 Å². The van der Waals surface area contributed by atoms with Crippen molar-refractivity contribution in [3.8, 4) is 0 Å². The molecule has 4 saturated carbocycles. The Bertz CT molecular complexity index is 719. The van der Waals surface area contributed by atoms with E-state index in [1.54, 1.807) is 0 Å². The second kappa shape index (κ2) is 6.45. The molecule has 4 aliphatic rings. The third-order valence-electron chi connectivity index (χ3n) is 9.69. The molecule has 1 spiro atoms. The van der Waals surface area contributed by atoms with Crippen LogP contribution in [0.3, 0.4) is 0 Å². The van der Waals surface area contributed by atoms with Crippen molar-refractivity contribution < 1.29 is 14.6 Å². The fraction of sp³-hybridized carbons (Fsp3) is 0.800. The Morgan fingerprint density at radius 2 is 1.86 bits per heavy atom. The van der Waals surface area contributed by atoms with Crippen molar-refractivity contribution in [3.05, 3.63) is 23.8 Å². The van der Waals surface area contributed by atoms with Crippen LogP contribution in [0.4, 0.5) is 0 Å². The number of aliphatic hydroxyl groups excluding tert-OH is 1. The van der Waals surface area contributed by atoms with Crippen molar-refractivity contribution in [1.29, 1.82) is 0 Å². The fourth-order valence-electron chi connectivity index (χ4n) is 8.06. The number of hydrogen-bond donors (Lipinski definition) is 1. The highest BCUT2D eigenvalue weighted by atomic mass is 16.5. The van der Waals surface area contributed by atoms with Gasteiger partial charge in [-0.3, -0.25) is 0 Å². The standard InChI is InChI=1S/C25H38O3/c1-7-15(2)22(27)28-21-16(3)17-8-9-19-24(6)12-11-20(26)23(4,5)18(24)10-13-25(19,21)14-17/h7,17-21,26H,3,8-14H2,1-2,4-6H3/b15-7-/t17-,18+,19-,20+,21+,24+,25?/m0/s1. The Hall–Kier alpha value is -1.09. The highest BCUT2D eigenvalue weighted by Gasteiger charge is 2.68. The summed E-state index contributed by atoms with van der Waals surface area (Å²) < 4.78 is 6.19. The van der Waals surface area contributed by atoms with E-state index in [-0.39, 0.29) is 34.4 Å². The largest absolute Gasteiger partial charge is 0.454 e. The van der Waals surface area contributed by atoms with Gasteiger partial charge in [0.2, 0.25) is 0 Å². The smallest absolute Gasteiger partial charge is 0.333 e. The summed E-state index contributed by atoms with van der Waals surface area (Å²) in [4.78, 5) is 12.7. The molecular weight excluding hydrogens is 348 g/mol. The van der Waals surface area contributed by atoms with Crippen LogP contribution in [-0.2, 0) is 9.53 Å². The molecule has 3 heteroatoms. The second-order valence-corrected chi connectivity index (χ2v) is 11.1. The zero-order valence-corrected chi connectivity index (χ0v) is 18.4. The average Bonchev–Trinajstić information content (AvgIpc) is 2.84. The minimum Gasteiger partial charge on any atom is -0.454 e. The van der Waals surface area contributed by atoms with Gasteiger partial charge < -0.3 is 9.84 Å². The summed E-state index contributed by atoms with van der Waals surface area (Å²) in [5.41, 5.74) is 2.06. The number of carbonyl (C=O) groups is 1. The van der Waals surface area contributed by atoms with Gasteiger partial charge in [-0.2, -0.15) is 0 Å². The van der Waals surface area contributed by atoms with Gasteiger partial charge in [0, 0.05) is 11.0 Å². The van der Waals surface area contributed by atoms with Crippen LogP contribution >= 0.6 is 0 Å². The maximum atomic E-state index is 12.7. The summed E-state index contributed by atoms with van der Waals surface area (Å²) in [6.45, 7) is 15.2. The van der Waals surface area contributed by atoms with Gasteiger partial charge in [-0.05, 0) is 93.0 Å². The highest BCUT2D eigenvalue weighted by molar-refractivity contribution is 5.88. The Morgan fingerprint density at radius 1 is 1.14 bits per heavy atom. The van der Waals surface area contributed by atoms with Gasteiger partial charge in [-0.15, -0.1) is 0 Å². The molecule has 0 heterocycles. The van der Waals surface area contributed by atoms with Crippen molar-refractivity contribution >= 4 is 5.97 Å². The summed E-state index contributed by atoms with van der Waals surface area (Å²) in [5, 5.41) is 10.7. The SMILES string of the molecule is C=C1[C@H]2CC[C@@H]3C(CC[C@@H]4C(C)(C)[C@H](O)CC[C@]43C)(C2)[C@@H]1OC(=O)/C(C)=C\C. The third kappa shape index (κ3) is 2.54. The maximum Gasteiger partial charge on any atom is 0.333 e. The average molecular weight is 387 g/mol. The van der Waals surface area contributed by atoms with E-state index >= 15 is 0 Å². The molecule has 1 N–H and O–H groups in total. The van der Waals surface area contributed by atoms with E-state index in [9.17, 15) is 9.90 Å². The zero-order chi connectivity index (χ0) is 20.5. The number of carbonyl (C=O) groups excluding carboxylic acids is 1. The number of allylic oxidation sites excluding steroid dienone is 1. The Balaban J connectivity index is 1.72. The third-order valence-corrected chi connectivity index (χ3v) is 9.69. The summed E-state index contributed by atoms with van der Waals surface area (Å²) >= 11 is 0. The summed E-state index contributed by atoms with van der Waals surface area (Å²) in [6, 6.07) is 0. The van der Waals surface area contributed by atoms with Crippen LogP contribution in [0.25, 0.3) is 0 Å². The fourth-order valence-corrected chi connectivity index (χ4v) is 8.06. The Morgan fingerprint density at radius 3 is 2.54 bits per heavy atom. The molecule has 4 aliphatic carbocycles. The van der Waals surface area contributed by atoms with Crippen molar-refractivity contribution in [2.24, 2.45) is 34.0 Å². The van der Waals surface area contributed by atoms with E-state index in [1.165, 1.54) is 12.8 Å². The van der Waals surface area contributed by atoms with E-state index in [0.29, 0.717) is 23.3 Å². The number of rotatable bonds is 2. The monoisotopic (exact) mass is 386 g/mol. The molecule has 2 bridgehead atoms. The van der Waals surface area contributed by atoms with E-state index < -0.39 is 0 Å². The molecule has 1 unspecified atom stereocenters. The molecule has 28 heavy (non-hydrogen) atoms. The van der Waals surface area contributed by atoms with Crippen LogP contribution in [0.2, 0.25) is 0 Å². The normalized spacial score (nSPS) is 47.3. The van der Waals surface area contributed by atoms with Crippen LogP contribution < -0.4 is 0 Å². The topological polar surface area (TPSA) is 46.5 Å². The number of hydrogen-bond acceptors (Lipinski definition) is 3. The van der Waals surface area contributed by atoms with Crippen LogP contribution in [-0.4, -0.2) is 23.3 Å². The lowest BCUT2D eigenvalue weighted by Gasteiger charge is -2.65. The van der Waals surface area contributed by atoms with Crippen molar-refractivity contribution in [2.75, 3.05) is 0 Å². The number of esters is 1. The zero-order valence-electron chi connectivity index (χ0n) is 18.4. The van der Waals surface area contributed by atoms with E-state index in [2.05, 4.69) is 27.4 Å². The first-order valence-electron chi connectivity index (χ1n) is 11.3. The lowest BCUT2D eigenvalue weighted by atomic mass is 9.40. The molecule has 3 nitrogen and oxygen atoms in total. The van der Waals surface area contributed by atoms with Gasteiger partial charge in [0.15, 0.2) is 0 Å². The second-order valence-electron chi connectivity index (χ2n) is 11.1. The number of ether oxygens (including phenoxy) is 1. The minimum absolute atomic E-state index is 0.0468. The molecule has 0 aliphatic heterocycles. The van der Waals surface area contributed by atoms with Gasteiger partial charge in [-0.1, -0.05) is 33.4 Å². The first-order chi connectivity index (χ1) is 13.1. The van der Waals surface area contributed by atoms with E-state index in [0.717, 1.165) is 37.7 Å². The summed E-state index contributed by atoms with van der Waals surface area (Å²) in [5.74, 6) is 1.39. The van der Waals surface area contributed by atoms with Crippen molar-refractivity contribution in [3.63, 3.8) is 0 Å². The molecule has 0 aromatic carbocycles. The van der Waals surface area contributed by atoms with Gasteiger partial charge in [-0.25, -0.2) is 4.79 Å². The van der Waals surface area contributed by atoms with Crippen LogP contribution in [0.15, 0.2) is 23.8 Å². The summed E-state index contributed by atoms with van der Waals surface area (Å²) in [6.07, 6.45) is 9.19. The molecule has 0 aromatic heterocycles. The van der Waals surface area contributed by atoms with Gasteiger partial charge in [0.25, 0.3) is 0 Å². The molecule has 0 radical (unpaired) electrons. The minimum atomic E-state index is -0.208. The first-order valence-corrected chi connectivity index (χ1v) is 11.3. The van der Waals surface area contributed by atoms with Gasteiger partial charge in [0.1, 0.15) is 6.10 Å². The Labute approximate surface area is 170 Å². The predicted molar refractivity (Wildman–Crippen MR) is 112 cm³/mol. The Kier molecular flexibility index (Phi) is 4.65. The molecule has 0 saturated heterocycles. The lowest BCUT2D eigenvalue weighted by molar-refractivity contribution is -0.201. The highest BCUT2D eigenvalue weighted by Crippen LogP contribution is 2.72. The van der Waals surface area contributed by atoms with Crippen LogP contribution in [0.1, 0.15) is 79.6 Å². The van der Waals surface area contributed by atoms with Crippen LogP contribution in [0.5, 0.6) is 0 Å². The maximum absolute atomic E-state index is 12.7. The molecule has 4 rings (SSSR count). The van der Waals surface area contributed by atoms with E-state index in [1.807, 2.05) is 19.9 Å². The summed E-state index contributed by atoms with van der Waals surface area (Å²) in [7, 11) is 0. The van der Waals surface area contributed by atoms with E-state index in [4.69, 9.17) is 4.74 Å². The quantitative estimate of drug-likeness (QED) is 0.391. The first kappa shape index (κ1) is 20.2. The van der Waals surface area contributed by atoms with Crippen molar-refractivity contribution in [2.45, 2.75) is 91.8 Å². The number of fused-ring (bicyclic) bond motifs is 3. The number of aliphatic hydroxyl groups is 1.